The van der Waals surface area contributed by atoms with Crippen LogP contribution >= 0.6 is 23.4 Å². The molecular weight excluding hydrogens is 413 g/mol. The summed E-state index contributed by atoms with van der Waals surface area (Å²) in [5.74, 6) is -0.620. The highest BCUT2D eigenvalue weighted by Crippen LogP contribution is 2.38. The highest BCUT2D eigenvalue weighted by molar-refractivity contribution is 8.00. The lowest BCUT2D eigenvalue weighted by Gasteiger charge is -2.10. The van der Waals surface area contributed by atoms with E-state index in [4.69, 9.17) is 16.3 Å². The van der Waals surface area contributed by atoms with E-state index in [-0.39, 0.29) is 29.0 Å². The van der Waals surface area contributed by atoms with Crippen LogP contribution in [-0.4, -0.2) is 27.9 Å². The number of carbonyl (C=O) groups excluding carboxylic acids is 1. The third-order valence-corrected chi connectivity index (χ3v) is 4.57. The summed E-state index contributed by atoms with van der Waals surface area (Å²) in [6.45, 7) is 1.85. The predicted octanol–water partition coefficient (Wildman–Crippen LogP) is 5.98. The Morgan fingerprint density at radius 2 is 1.93 bits per heavy atom. The van der Waals surface area contributed by atoms with E-state index in [2.05, 4.69) is 5.10 Å². The van der Waals surface area contributed by atoms with Crippen LogP contribution in [0.5, 0.6) is 0 Å². The quantitative estimate of drug-likeness (QED) is 0.372. The Morgan fingerprint density at radius 1 is 1.18 bits per heavy atom. The highest BCUT2D eigenvalue weighted by atomic mass is 35.5. The minimum atomic E-state index is -4.40. The van der Waals surface area contributed by atoms with Crippen LogP contribution in [0.1, 0.15) is 17.4 Å². The molecule has 0 atom stereocenters. The molecule has 28 heavy (non-hydrogen) atoms. The first kappa shape index (κ1) is 20.3. The first-order valence-corrected chi connectivity index (χ1v) is 9.35. The van der Waals surface area contributed by atoms with Crippen LogP contribution in [0.25, 0.3) is 16.9 Å². The summed E-state index contributed by atoms with van der Waals surface area (Å²) >= 11 is 5.84. The Kier molecular flexibility index (Phi) is 6.00. The normalized spacial score (nSPS) is 11.5. The molecule has 146 valence electrons. The number of hydrogen-bond acceptors (Lipinski definition) is 4. The fourth-order valence-electron chi connectivity index (χ4n) is 2.55. The van der Waals surface area contributed by atoms with E-state index < -0.39 is 11.5 Å². The lowest BCUT2D eigenvalue weighted by atomic mass is 10.1. The molecule has 1 heterocycles. The van der Waals surface area contributed by atoms with Gasteiger partial charge in [-0.25, -0.2) is 9.48 Å². The molecule has 0 aliphatic rings. The highest BCUT2D eigenvalue weighted by Gasteiger charge is 2.29. The summed E-state index contributed by atoms with van der Waals surface area (Å²) in [6, 6.07) is 14.2. The maximum atomic E-state index is 12.7. The third-order valence-electron chi connectivity index (χ3n) is 3.61. The van der Waals surface area contributed by atoms with Crippen molar-refractivity contribution in [3.05, 3.63) is 65.3 Å². The molecule has 9 heteroatoms. The number of carbonyl (C=O) groups is 1. The van der Waals surface area contributed by atoms with E-state index in [0.717, 1.165) is 0 Å². The van der Waals surface area contributed by atoms with Crippen LogP contribution in [0.3, 0.4) is 0 Å². The molecule has 0 aliphatic carbocycles. The van der Waals surface area contributed by atoms with Gasteiger partial charge in [-0.05, 0) is 55.1 Å². The van der Waals surface area contributed by atoms with Gasteiger partial charge in [-0.1, -0.05) is 29.8 Å². The molecule has 0 radical (unpaired) electrons. The van der Waals surface area contributed by atoms with Gasteiger partial charge < -0.3 is 4.74 Å². The number of ether oxygens (including phenoxy) is 1. The third kappa shape index (κ3) is 4.88. The van der Waals surface area contributed by atoms with E-state index in [1.165, 1.54) is 28.9 Å². The number of esters is 1. The number of aromatic nitrogens is 2. The number of hydrogen-bond donors (Lipinski definition) is 0. The van der Waals surface area contributed by atoms with Gasteiger partial charge in [0.05, 0.1) is 18.0 Å². The molecule has 0 spiro atoms. The molecular formula is C19H14ClF3N2O2S. The zero-order chi connectivity index (χ0) is 20.3. The molecule has 0 bridgehead atoms. The monoisotopic (exact) mass is 426 g/mol. The van der Waals surface area contributed by atoms with Gasteiger partial charge in [-0.3, -0.25) is 0 Å². The fourth-order valence-corrected chi connectivity index (χ4v) is 3.33. The summed E-state index contributed by atoms with van der Waals surface area (Å²) in [6.07, 6.45) is 0. The Morgan fingerprint density at radius 3 is 2.61 bits per heavy atom. The van der Waals surface area contributed by atoms with Gasteiger partial charge in [-0.15, -0.1) is 0 Å². The Labute approximate surface area is 168 Å². The second kappa shape index (κ2) is 8.28. The maximum Gasteiger partial charge on any atom is 0.446 e. The zero-order valence-electron chi connectivity index (χ0n) is 14.5. The van der Waals surface area contributed by atoms with Crippen molar-refractivity contribution < 1.29 is 22.7 Å². The van der Waals surface area contributed by atoms with Gasteiger partial charge in [0, 0.05) is 15.5 Å². The van der Waals surface area contributed by atoms with Crippen molar-refractivity contribution in [3.8, 4) is 16.9 Å². The second-order valence-corrected chi connectivity index (χ2v) is 7.18. The van der Waals surface area contributed by atoms with Crippen LogP contribution in [0.15, 0.2) is 59.5 Å². The van der Waals surface area contributed by atoms with Crippen molar-refractivity contribution in [1.29, 1.82) is 0 Å². The van der Waals surface area contributed by atoms with Crippen LogP contribution in [0.2, 0.25) is 5.02 Å². The summed E-state index contributed by atoms with van der Waals surface area (Å²) in [4.78, 5) is 12.1. The van der Waals surface area contributed by atoms with Gasteiger partial charge in [0.25, 0.3) is 0 Å². The molecule has 0 fully saturated rings. The van der Waals surface area contributed by atoms with Crippen LogP contribution in [0, 0.1) is 0 Å². The summed E-state index contributed by atoms with van der Waals surface area (Å²) < 4.78 is 44.6. The molecule has 0 saturated carbocycles. The summed E-state index contributed by atoms with van der Waals surface area (Å²) in [5, 5.41) is 4.73. The van der Waals surface area contributed by atoms with E-state index in [1.807, 2.05) is 0 Å². The maximum absolute atomic E-state index is 12.7. The SMILES string of the molecule is CCOC(=O)c1cc(-c2cccc(SC(F)(F)F)c2)n(-c2cccc(Cl)c2)n1. The van der Waals surface area contributed by atoms with E-state index in [9.17, 15) is 18.0 Å². The molecule has 4 nitrogen and oxygen atoms in total. The topological polar surface area (TPSA) is 44.1 Å². The smallest absolute Gasteiger partial charge is 0.446 e. The number of nitrogens with zero attached hydrogens (tertiary/aromatic N) is 2. The number of benzene rings is 2. The lowest BCUT2D eigenvalue weighted by Crippen LogP contribution is -2.06. The molecule has 0 N–H and O–H groups in total. The van der Waals surface area contributed by atoms with Crippen molar-refractivity contribution in [2.45, 2.75) is 17.3 Å². The molecule has 0 aliphatic heterocycles. The molecule has 3 aromatic rings. The standard InChI is InChI=1S/C19H14ClF3N2O2S/c1-2-27-18(26)16-11-17(25(24-16)14-7-4-6-13(20)10-14)12-5-3-8-15(9-12)28-19(21,22)23/h3-11H,2H2,1H3. The lowest BCUT2D eigenvalue weighted by molar-refractivity contribution is -0.0328. The average Bonchev–Trinajstić information content (AvgIpc) is 3.06. The minimum absolute atomic E-state index is 0.0292. The van der Waals surface area contributed by atoms with Crippen molar-refractivity contribution in [3.63, 3.8) is 0 Å². The molecule has 1 aromatic heterocycles. The van der Waals surface area contributed by atoms with Crippen LogP contribution < -0.4 is 0 Å². The zero-order valence-corrected chi connectivity index (χ0v) is 16.1. The molecule has 0 amide bonds. The Bertz CT molecular complexity index is 1000. The second-order valence-electron chi connectivity index (χ2n) is 5.60. The Balaban J connectivity index is 2.11. The molecule has 0 unspecified atom stereocenters. The van der Waals surface area contributed by atoms with Gasteiger partial charge in [-0.2, -0.15) is 18.3 Å². The predicted molar refractivity (Wildman–Crippen MR) is 102 cm³/mol. The van der Waals surface area contributed by atoms with Gasteiger partial charge in [0.2, 0.25) is 0 Å². The van der Waals surface area contributed by atoms with Crippen LogP contribution in [0.4, 0.5) is 13.2 Å². The van der Waals surface area contributed by atoms with Crippen molar-refractivity contribution in [1.82, 2.24) is 9.78 Å². The number of halogens is 4. The van der Waals surface area contributed by atoms with Crippen LogP contribution in [-0.2, 0) is 4.74 Å². The number of alkyl halides is 3. The summed E-state index contributed by atoms with van der Waals surface area (Å²) in [7, 11) is 0. The first-order valence-electron chi connectivity index (χ1n) is 8.16. The van der Waals surface area contributed by atoms with E-state index >= 15 is 0 Å². The van der Waals surface area contributed by atoms with Gasteiger partial charge >= 0.3 is 11.5 Å². The van der Waals surface area contributed by atoms with E-state index in [1.54, 1.807) is 37.3 Å². The summed E-state index contributed by atoms with van der Waals surface area (Å²) in [5.41, 5.74) is -2.88. The van der Waals surface area contributed by atoms with Gasteiger partial charge in [0.1, 0.15) is 0 Å². The van der Waals surface area contributed by atoms with E-state index in [0.29, 0.717) is 22.0 Å². The fraction of sp³-hybridized carbons (Fsp3) is 0.158. The minimum Gasteiger partial charge on any atom is -0.461 e. The molecule has 0 saturated heterocycles. The van der Waals surface area contributed by atoms with Crippen molar-refractivity contribution >= 4 is 29.3 Å². The molecule has 2 aromatic carbocycles. The largest absolute Gasteiger partial charge is 0.461 e. The Hall–Kier alpha value is -2.45. The van der Waals surface area contributed by atoms with Crippen molar-refractivity contribution in [2.24, 2.45) is 0 Å². The molecule has 3 rings (SSSR count). The first-order chi connectivity index (χ1) is 13.3. The van der Waals surface area contributed by atoms with Crippen molar-refractivity contribution in [2.75, 3.05) is 6.61 Å². The van der Waals surface area contributed by atoms with Gasteiger partial charge in [0.15, 0.2) is 5.69 Å². The average molecular weight is 427 g/mol. The number of rotatable bonds is 5. The number of thioether (sulfide) groups is 1.